The maximum Gasteiger partial charge on any atom is 0.324 e. The van der Waals surface area contributed by atoms with Gasteiger partial charge in [0.1, 0.15) is 9.75 Å². The number of likely N-dealkylation sites (N-methyl/N-ethyl adjacent to an activating group) is 1. The lowest BCUT2D eigenvalue weighted by Crippen LogP contribution is -2.50. The van der Waals surface area contributed by atoms with Crippen molar-refractivity contribution >= 4 is 38.9 Å². The highest BCUT2D eigenvalue weighted by Gasteiger charge is 2.40. The van der Waals surface area contributed by atoms with Gasteiger partial charge in [-0.2, -0.15) is 4.31 Å². The molecule has 0 unspecified atom stereocenters. The summed E-state index contributed by atoms with van der Waals surface area (Å²) in [7, 11) is -2.61. The molecule has 0 atom stereocenters. The topological polar surface area (TPSA) is 74.7 Å². The van der Waals surface area contributed by atoms with Crippen molar-refractivity contribution in [1.29, 1.82) is 0 Å². The lowest BCUT2D eigenvalue weighted by Gasteiger charge is -2.29. The van der Waals surface area contributed by atoms with E-state index in [1.807, 2.05) is 0 Å². The zero-order chi connectivity index (χ0) is 14.3. The molecule has 8 heteroatoms. The predicted octanol–water partition coefficient (Wildman–Crippen LogP) is 2.19. The van der Waals surface area contributed by atoms with Crippen molar-refractivity contribution in [2.45, 2.75) is 30.5 Å². The zero-order valence-electron chi connectivity index (χ0n) is 10.4. The number of carboxylic acid groups (broad SMARTS) is 1. The van der Waals surface area contributed by atoms with Gasteiger partial charge in [0.2, 0.25) is 0 Å². The van der Waals surface area contributed by atoms with Gasteiger partial charge in [0.05, 0.1) is 4.34 Å². The first-order valence-electron chi connectivity index (χ1n) is 4.99. The Labute approximate surface area is 115 Å². The van der Waals surface area contributed by atoms with Crippen LogP contribution < -0.4 is 0 Å². The van der Waals surface area contributed by atoms with Gasteiger partial charge < -0.3 is 5.11 Å². The van der Waals surface area contributed by atoms with Crippen LogP contribution in [0.3, 0.4) is 0 Å². The highest BCUT2D eigenvalue weighted by Crippen LogP contribution is 2.33. The largest absolute Gasteiger partial charge is 0.480 e. The second kappa shape index (κ2) is 4.80. The lowest BCUT2D eigenvalue weighted by atomic mass is 10.1. The molecule has 1 aromatic heterocycles. The van der Waals surface area contributed by atoms with Crippen molar-refractivity contribution in [2.75, 3.05) is 7.05 Å². The number of nitrogens with zero attached hydrogens (tertiary/aromatic N) is 1. The summed E-state index contributed by atoms with van der Waals surface area (Å²) in [6.07, 6.45) is 0. The Morgan fingerprint density at radius 3 is 2.33 bits per heavy atom. The first-order chi connectivity index (χ1) is 8.01. The molecule has 0 aliphatic heterocycles. The quantitative estimate of drug-likeness (QED) is 0.925. The lowest BCUT2D eigenvalue weighted by molar-refractivity contribution is -0.145. The third-order valence-corrected chi connectivity index (χ3v) is 6.80. The molecule has 0 saturated heterocycles. The molecule has 1 rings (SSSR count). The Morgan fingerprint density at radius 2 is 2.00 bits per heavy atom. The number of carbonyl (C=O) groups is 1. The number of halogens is 1. The molecule has 0 amide bonds. The molecule has 18 heavy (non-hydrogen) atoms. The van der Waals surface area contributed by atoms with Crippen LogP contribution in [0.2, 0.25) is 4.34 Å². The second-order valence-electron chi connectivity index (χ2n) is 4.36. The highest BCUT2D eigenvalue weighted by atomic mass is 35.5. The molecule has 1 N–H and O–H groups in total. The normalized spacial score (nSPS) is 13.0. The molecular formula is C10H14ClNO4S2. The van der Waals surface area contributed by atoms with Gasteiger partial charge >= 0.3 is 5.97 Å². The third-order valence-electron chi connectivity index (χ3n) is 2.76. The van der Waals surface area contributed by atoms with Crippen LogP contribution in [0.1, 0.15) is 19.4 Å². The summed E-state index contributed by atoms with van der Waals surface area (Å²) in [4.78, 5) is 11.1. The van der Waals surface area contributed by atoms with Gasteiger partial charge in [0.25, 0.3) is 10.0 Å². The first kappa shape index (κ1) is 15.4. The van der Waals surface area contributed by atoms with Crippen LogP contribution in [0.15, 0.2) is 10.3 Å². The van der Waals surface area contributed by atoms with Crippen LogP contribution in [0.5, 0.6) is 0 Å². The van der Waals surface area contributed by atoms with Gasteiger partial charge in [-0.3, -0.25) is 4.79 Å². The van der Waals surface area contributed by atoms with Gasteiger partial charge in [0.15, 0.2) is 0 Å². The predicted molar refractivity (Wildman–Crippen MR) is 70.7 cm³/mol. The summed E-state index contributed by atoms with van der Waals surface area (Å²) < 4.78 is 25.8. The molecule has 0 spiro atoms. The third kappa shape index (κ3) is 2.54. The number of rotatable bonds is 4. The minimum Gasteiger partial charge on any atom is -0.480 e. The van der Waals surface area contributed by atoms with Gasteiger partial charge in [-0.25, -0.2) is 8.42 Å². The van der Waals surface area contributed by atoms with Crippen LogP contribution >= 0.6 is 22.9 Å². The van der Waals surface area contributed by atoms with E-state index < -0.39 is 21.5 Å². The Morgan fingerprint density at radius 1 is 1.50 bits per heavy atom. The van der Waals surface area contributed by atoms with E-state index >= 15 is 0 Å². The molecule has 1 aromatic rings. The molecule has 0 aliphatic rings. The average Bonchev–Trinajstić information content (AvgIpc) is 2.58. The molecule has 5 nitrogen and oxygen atoms in total. The van der Waals surface area contributed by atoms with Crippen molar-refractivity contribution in [3.63, 3.8) is 0 Å². The van der Waals surface area contributed by atoms with E-state index in [-0.39, 0.29) is 4.21 Å². The average molecular weight is 312 g/mol. The van der Waals surface area contributed by atoms with Crippen molar-refractivity contribution in [3.8, 4) is 0 Å². The minimum atomic E-state index is -3.86. The van der Waals surface area contributed by atoms with Crippen LogP contribution in [-0.4, -0.2) is 36.4 Å². The minimum absolute atomic E-state index is 0.0434. The van der Waals surface area contributed by atoms with Gasteiger partial charge in [0, 0.05) is 7.05 Å². The van der Waals surface area contributed by atoms with Gasteiger partial charge in [-0.05, 0) is 32.4 Å². The number of aliphatic carboxylic acids is 1. The smallest absolute Gasteiger partial charge is 0.324 e. The fraction of sp³-hybridized carbons (Fsp3) is 0.500. The molecule has 1 heterocycles. The summed E-state index contributed by atoms with van der Waals surface area (Å²) >= 11 is 6.76. The molecular weight excluding hydrogens is 298 g/mol. The second-order valence-corrected chi connectivity index (χ2v) is 8.21. The zero-order valence-corrected chi connectivity index (χ0v) is 12.8. The van der Waals surface area contributed by atoms with Crippen molar-refractivity contribution in [3.05, 3.63) is 16.0 Å². The van der Waals surface area contributed by atoms with E-state index in [0.29, 0.717) is 9.90 Å². The van der Waals surface area contributed by atoms with Gasteiger partial charge in [-0.1, -0.05) is 11.6 Å². The fourth-order valence-corrected chi connectivity index (χ4v) is 4.48. The van der Waals surface area contributed by atoms with Crippen molar-refractivity contribution in [1.82, 2.24) is 4.31 Å². The fourth-order valence-electron chi connectivity index (χ4n) is 1.13. The highest BCUT2D eigenvalue weighted by molar-refractivity contribution is 7.91. The molecule has 102 valence electrons. The van der Waals surface area contributed by atoms with E-state index in [2.05, 4.69) is 0 Å². The van der Waals surface area contributed by atoms with Crippen LogP contribution in [0.4, 0.5) is 0 Å². The van der Waals surface area contributed by atoms with E-state index in [1.165, 1.54) is 27.0 Å². The van der Waals surface area contributed by atoms with Crippen molar-refractivity contribution in [2.24, 2.45) is 0 Å². The molecule has 0 fully saturated rings. The number of hydrogen-bond acceptors (Lipinski definition) is 4. The van der Waals surface area contributed by atoms with Crippen LogP contribution in [0.25, 0.3) is 0 Å². The summed E-state index contributed by atoms with van der Waals surface area (Å²) in [5.74, 6) is -1.21. The molecule has 0 bridgehead atoms. The summed E-state index contributed by atoms with van der Waals surface area (Å²) in [5.41, 5.74) is -0.870. The van der Waals surface area contributed by atoms with E-state index in [0.717, 1.165) is 15.6 Å². The molecule has 0 aromatic carbocycles. The SMILES string of the molecule is Cc1cc(S(=O)(=O)N(C)C(C)(C)C(=O)O)sc1Cl. The maximum atomic E-state index is 12.3. The summed E-state index contributed by atoms with van der Waals surface area (Å²) in [5, 5.41) is 9.05. The monoisotopic (exact) mass is 311 g/mol. The number of sulfonamides is 1. The standard InChI is InChI=1S/C10H14ClNO4S2/c1-6-5-7(17-8(6)11)18(15,16)12(4)10(2,3)9(13)14/h5H,1-4H3,(H,13,14). The molecule has 0 radical (unpaired) electrons. The van der Waals surface area contributed by atoms with Crippen molar-refractivity contribution < 1.29 is 18.3 Å². The number of carboxylic acids is 1. The van der Waals surface area contributed by atoms with E-state index in [1.54, 1.807) is 6.92 Å². The number of thiophene rings is 1. The Balaban J connectivity index is 3.27. The molecule has 0 aliphatic carbocycles. The van der Waals surface area contributed by atoms with Gasteiger partial charge in [-0.15, -0.1) is 11.3 Å². The Bertz CT molecular complexity index is 557. The number of hydrogen-bond donors (Lipinski definition) is 1. The Hall–Kier alpha value is -0.630. The first-order valence-corrected chi connectivity index (χ1v) is 7.63. The number of aryl methyl sites for hydroxylation is 1. The van der Waals surface area contributed by atoms with E-state index in [9.17, 15) is 13.2 Å². The van der Waals surface area contributed by atoms with E-state index in [4.69, 9.17) is 16.7 Å². The van der Waals surface area contributed by atoms with Crippen LogP contribution in [0, 0.1) is 6.92 Å². The summed E-state index contributed by atoms with van der Waals surface area (Å²) in [6, 6.07) is 1.44. The molecule has 0 saturated carbocycles. The maximum absolute atomic E-state index is 12.3. The summed E-state index contributed by atoms with van der Waals surface area (Å²) in [6.45, 7) is 4.35. The Kier molecular flexibility index (Phi) is 4.12. The van der Waals surface area contributed by atoms with Crippen LogP contribution in [-0.2, 0) is 14.8 Å².